The zero-order chi connectivity index (χ0) is 13.7. The number of benzene rings is 1. The summed E-state index contributed by atoms with van der Waals surface area (Å²) in [7, 11) is 1.62. The molecule has 0 saturated carbocycles. The van der Waals surface area contributed by atoms with Gasteiger partial charge >= 0.3 is 0 Å². The number of nitrogens with zero attached hydrogens (tertiary/aromatic N) is 2. The van der Waals surface area contributed by atoms with E-state index in [0.717, 1.165) is 24.2 Å². The minimum absolute atomic E-state index is 0.400. The van der Waals surface area contributed by atoms with Crippen LogP contribution in [-0.2, 0) is 6.42 Å². The quantitative estimate of drug-likeness (QED) is 0.866. The van der Waals surface area contributed by atoms with Crippen LogP contribution in [0.2, 0.25) is 0 Å². The molecule has 5 heteroatoms. The molecule has 0 radical (unpaired) electrons. The van der Waals surface area contributed by atoms with Crippen LogP contribution in [0, 0.1) is 0 Å². The van der Waals surface area contributed by atoms with Gasteiger partial charge < -0.3 is 14.4 Å². The molecule has 0 saturated heterocycles. The number of hydrogen-bond acceptors (Lipinski definition) is 5. The fraction of sp³-hybridized carbons (Fsp3) is 0.429. The van der Waals surface area contributed by atoms with Crippen LogP contribution in [-0.4, -0.2) is 28.5 Å². The Hall–Kier alpha value is -1.88. The Balaban J connectivity index is 2.07. The molecule has 1 heterocycles. The molecule has 5 nitrogen and oxygen atoms in total. The monoisotopic (exact) mass is 262 g/mol. The van der Waals surface area contributed by atoms with Crippen molar-refractivity contribution in [2.45, 2.75) is 32.3 Å². The van der Waals surface area contributed by atoms with Crippen molar-refractivity contribution in [2.24, 2.45) is 0 Å². The Kier molecular flexibility index (Phi) is 4.52. The second kappa shape index (κ2) is 6.33. The first-order valence-electron chi connectivity index (χ1n) is 6.38. The van der Waals surface area contributed by atoms with E-state index in [-0.39, 0.29) is 0 Å². The van der Waals surface area contributed by atoms with Crippen molar-refractivity contribution in [2.75, 3.05) is 7.11 Å². The van der Waals surface area contributed by atoms with Gasteiger partial charge in [-0.3, -0.25) is 0 Å². The van der Waals surface area contributed by atoms with Gasteiger partial charge in [0.1, 0.15) is 5.75 Å². The van der Waals surface area contributed by atoms with E-state index in [0.29, 0.717) is 18.1 Å². The van der Waals surface area contributed by atoms with Gasteiger partial charge in [0.05, 0.1) is 19.6 Å². The van der Waals surface area contributed by atoms with E-state index >= 15 is 0 Å². The molecule has 1 unspecified atom stereocenters. The van der Waals surface area contributed by atoms with E-state index in [1.54, 1.807) is 7.11 Å². The molecule has 2 aromatic rings. The van der Waals surface area contributed by atoms with Crippen LogP contribution in [0.5, 0.6) is 5.75 Å². The van der Waals surface area contributed by atoms with Crippen LogP contribution < -0.4 is 4.74 Å². The summed E-state index contributed by atoms with van der Waals surface area (Å²) in [5, 5.41) is 13.6. The van der Waals surface area contributed by atoms with Crippen molar-refractivity contribution in [3.63, 3.8) is 0 Å². The minimum atomic E-state index is -0.422. The number of aromatic nitrogens is 2. The molecule has 0 spiro atoms. The molecular weight excluding hydrogens is 244 g/mol. The molecule has 1 aromatic heterocycles. The Morgan fingerprint density at radius 1 is 1.32 bits per heavy atom. The lowest BCUT2D eigenvalue weighted by molar-refractivity contribution is 0.152. The maximum absolute atomic E-state index is 9.71. The molecule has 0 fully saturated rings. The van der Waals surface area contributed by atoms with Crippen LogP contribution in [0.3, 0.4) is 0 Å². The summed E-state index contributed by atoms with van der Waals surface area (Å²) in [6.45, 7) is 2.03. The Labute approximate surface area is 112 Å². The fourth-order valence-electron chi connectivity index (χ4n) is 1.83. The molecule has 1 aromatic carbocycles. The summed E-state index contributed by atoms with van der Waals surface area (Å²) >= 11 is 0. The van der Waals surface area contributed by atoms with Gasteiger partial charge in [-0.25, -0.2) is 0 Å². The average molecular weight is 262 g/mol. The van der Waals surface area contributed by atoms with E-state index in [2.05, 4.69) is 10.1 Å². The summed E-state index contributed by atoms with van der Waals surface area (Å²) in [6.07, 6.45) is 1.65. The zero-order valence-corrected chi connectivity index (χ0v) is 11.2. The predicted octanol–water partition coefficient (Wildman–Crippen LogP) is 2.45. The van der Waals surface area contributed by atoms with Gasteiger partial charge in [-0.15, -0.1) is 0 Å². The molecule has 19 heavy (non-hydrogen) atoms. The topological polar surface area (TPSA) is 68.4 Å². The minimum Gasteiger partial charge on any atom is -0.497 e. The van der Waals surface area contributed by atoms with Gasteiger partial charge in [0.2, 0.25) is 11.7 Å². The van der Waals surface area contributed by atoms with Crippen molar-refractivity contribution in [3.05, 3.63) is 30.2 Å². The second-order valence-corrected chi connectivity index (χ2v) is 4.39. The first-order chi connectivity index (χ1) is 9.22. The average Bonchev–Trinajstić information content (AvgIpc) is 2.87. The maximum atomic E-state index is 9.71. The first-order valence-corrected chi connectivity index (χ1v) is 6.38. The Morgan fingerprint density at radius 3 is 2.68 bits per heavy atom. The van der Waals surface area contributed by atoms with E-state index in [9.17, 15) is 5.11 Å². The number of aliphatic hydroxyl groups is 1. The highest BCUT2D eigenvalue weighted by Gasteiger charge is 2.12. The highest BCUT2D eigenvalue weighted by Crippen LogP contribution is 2.20. The summed E-state index contributed by atoms with van der Waals surface area (Å²) < 4.78 is 10.2. The van der Waals surface area contributed by atoms with Crippen molar-refractivity contribution >= 4 is 0 Å². The van der Waals surface area contributed by atoms with Crippen LogP contribution >= 0.6 is 0 Å². The molecular formula is C14H18N2O3. The molecule has 0 amide bonds. The standard InChI is InChI=1S/C14H18N2O3/c1-3-4-11(17)9-13-15-14(16-19-13)10-5-7-12(18-2)8-6-10/h5-8,11,17H,3-4,9H2,1-2H3. The summed E-state index contributed by atoms with van der Waals surface area (Å²) in [4.78, 5) is 4.28. The lowest BCUT2D eigenvalue weighted by Crippen LogP contribution is -2.09. The van der Waals surface area contributed by atoms with Crippen LogP contribution in [0.4, 0.5) is 0 Å². The molecule has 0 aliphatic heterocycles. The first kappa shape index (κ1) is 13.5. The number of hydrogen-bond donors (Lipinski definition) is 1. The number of rotatable bonds is 6. The van der Waals surface area contributed by atoms with Gasteiger partial charge in [-0.05, 0) is 30.7 Å². The predicted molar refractivity (Wildman–Crippen MR) is 70.9 cm³/mol. The summed E-state index contributed by atoms with van der Waals surface area (Å²) in [5.74, 6) is 1.78. The number of ether oxygens (including phenoxy) is 1. The van der Waals surface area contributed by atoms with Gasteiger partial charge in [-0.1, -0.05) is 18.5 Å². The fourth-order valence-corrected chi connectivity index (χ4v) is 1.83. The summed E-state index contributed by atoms with van der Waals surface area (Å²) in [5.41, 5.74) is 0.862. The van der Waals surface area contributed by atoms with Crippen molar-refractivity contribution in [3.8, 4) is 17.1 Å². The lowest BCUT2D eigenvalue weighted by atomic mass is 10.1. The van der Waals surface area contributed by atoms with Gasteiger partial charge in [0.15, 0.2) is 0 Å². The van der Waals surface area contributed by atoms with Gasteiger partial charge in [0.25, 0.3) is 0 Å². The smallest absolute Gasteiger partial charge is 0.229 e. The third-order valence-electron chi connectivity index (χ3n) is 2.85. The van der Waals surface area contributed by atoms with Crippen LogP contribution in [0.25, 0.3) is 11.4 Å². The normalized spacial score (nSPS) is 12.4. The zero-order valence-electron chi connectivity index (χ0n) is 11.2. The van der Waals surface area contributed by atoms with Gasteiger partial charge in [0, 0.05) is 5.56 Å². The number of methoxy groups -OCH3 is 1. The maximum Gasteiger partial charge on any atom is 0.229 e. The highest BCUT2D eigenvalue weighted by atomic mass is 16.5. The SMILES string of the molecule is CCCC(O)Cc1nc(-c2ccc(OC)cc2)no1. The molecule has 0 aliphatic rings. The third-order valence-corrected chi connectivity index (χ3v) is 2.85. The van der Waals surface area contributed by atoms with Crippen molar-refractivity contribution in [1.29, 1.82) is 0 Å². The Bertz CT molecular complexity index is 508. The second-order valence-electron chi connectivity index (χ2n) is 4.39. The molecule has 0 bridgehead atoms. The Morgan fingerprint density at radius 2 is 2.05 bits per heavy atom. The molecule has 0 aliphatic carbocycles. The molecule has 2 rings (SSSR count). The molecule has 1 atom stereocenters. The van der Waals surface area contributed by atoms with Crippen LogP contribution in [0.1, 0.15) is 25.7 Å². The lowest BCUT2D eigenvalue weighted by Gasteiger charge is -2.03. The largest absolute Gasteiger partial charge is 0.497 e. The highest BCUT2D eigenvalue weighted by molar-refractivity contribution is 5.55. The third kappa shape index (κ3) is 3.54. The molecule has 102 valence electrons. The van der Waals surface area contributed by atoms with E-state index in [4.69, 9.17) is 9.26 Å². The van der Waals surface area contributed by atoms with Crippen LogP contribution in [0.15, 0.2) is 28.8 Å². The van der Waals surface area contributed by atoms with E-state index < -0.39 is 6.10 Å². The van der Waals surface area contributed by atoms with E-state index in [1.807, 2.05) is 31.2 Å². The van der Waals surface area contributed by atoms with Crippen molar-refractivity contribution in [1.82, 2.24) is 10.1 Å². The van der Waals surface area contributed by atoms with Crippen molar-refractivity contribution < 1.29 is 14.4 Å². The number of aliphatic hydroxyl groups excluding tert-OH is 1. The van der Waals surface area contributed by atoms with Gasteiger partial charge in [-0.2, -0.15) is 4.98 Å². The van der Waals surface area contributed by atoms with E-state index in [1.165, 1.54) is 0 Å². The molecule has 1 N–H and O–H groups in total. The summed E-state index contributed by atoms with van der Waals surface area (Å²) in [6, 6.07) is 7.43.